The van der Waals surface area contributed by atoms with Crippen LogP contribution in [0.4, 0.5) is 0 Å². The topological polar surface area (TPSA) is 39.1 Å². The Morgan fingerprint density at radius 1 is 1.42 bits per heavy atom. The molecule has 1 unspecified atom stereocenters. The van der Waals surface area contributed by atoms with Gasteiger partial charge in [0.25, 0.3) is 0 Å². The summed E-state index contributed by atoms with van der Waals surface area (Å²) >= 11 is 0. The fourth-order valence-electron chi connectivity index (χ4n) is 2.60. The first kappa shape index (κ1) is 12.4. The van der Waals surface area contributed by atoms with Crippen LogP contribution in [-0.4, -0.2) is 23.2 Å². The number of imidazole rings is 1. The molecule has 4 nitrogen and oxygen atoms in total. The Hall–Kier alpha value is -1.65. The molecule has 0 spiro atoms. The van der Waals surface area contributed by atoms with E-state index in [9.17, 15) is 0 Å². The molecule has 2 aromatic rings. The first-order valence-electron chi connectivity index (χ1n) is 6.71. The molecule has 19 heavy (non-hydrogen) atoms. The molecule has 1 aliphatic heterocycles. The molecule has 0 saturated heterocycles. The molecule has 100 valence electrons. The van der Waals surface area contributed by atoms with Crippen LogP contribution in [-0.2, 0) is 24.2 Å². The summed E-state index contributed by atoms with van der Waals surface area (Å²) in [7, 11) is 1.93. The van der Waals surface area contributed by atoms with Crippen LogP contribution in [0, 0.1) is 0 Å². The molecule has 0 radical (unpaired) electrons. The number of ether oxygens (including phenoxy) is 1. The predicted octanol–water partition coefficient (Wildman–Crippen LogP) is 1.92. The lowest BCUT2D eigenvalue weighted by Gasteiger charge is -2.26. The Bertz CT molecular complexity index is 550. The largest absolute Gasteiger partial charge is 0.371 e. The van der Waals surface area contributed by atoms with Crippen molar-refractivity contribution in [2.24, 2.45) is 0 Å². The Morgan fingerprint density at radius 3 is 3.21 bits per heavy atom. The molecule has 1 aliphatic rings. The van der Waals surface area contributed by atoms with Gasteiger partial charge in [-0.1, -0.05) is 24.3 Å². The molecule has 2 heterocycles. The molecule has 1 aromatic carbocycles. The van der Waals surface area contributed by atoms with E-state index in [4.69, 9.17) is 4.74 Å². The number of nitrogens with one attached hydrogen (secondary N) is 1. The van der Waals surface area contributed by atoms with Crippen LogP contribution >= 0.6 is 0 Å². The zero-order valence-electron chi connectivity index (χ0n) is 11.2. The molecular weight excluding hydrogens is 238 g/mol. The Labute approximate surface area is 113 Å². The lowest BCUT2D eigenvalue weighted by atomic mass is 9.97. The van der Waals surface area contributed by atoms with E-state index in [0.29, 0.717) is 0 Å². The summed E-state index contributed by atoms with van der Waals surface area (Å²) in [4.78, 5) is 4.37. The highest BCUT2D eigenvalue weighted by Crippen LogP contribution is 2.28. The van der Waals surface area contributed by atoms with E-state index in [0.717, 1.165) is 31.8 Å². The molecule has 1 aromatic heterocycles. The fourth-order valence-corrected chi connectivity index (χ4v) is 2.60. The van der Waals surface area contributed by atoms with Gasteiger partial charge in [-0.15, -0.1) is 0 Å². The summed E-state index contributed by atoms with van der Waals surface area (Å²) in [6.45, 7) is 2.43. The van der Waals surface area contributed by atoms with Crippen molar-refractivity contribution in [3.63, 3.8) is 0 Å². The van der Waals surface area contributed by atoms with Crippen LogP contribution in [0.15, 0.2) is 36.8 Å². The molecule has 0 aliphatic carbocycles. The van der Waals surface area contributed by atoms with Gasteiger partial charge in [0.05, 0.1) is 25.2 Å². The van der Waals surface area contributed by atoms with Crippen molar-refractivity contribution < 1.29 is 4.74 Å². The third-order valence-corrected chi connectivity index (χ3v) is 3.51. The minimum Gasteiger partial charge on any atom is -0.371 e. The van der Waals surface area contributed by atoms with Gasteiger partial charge in [-0.05, 0) is 24.6 Å². The van der Waals surface area contributed by atoms with E-state index < -0.39 is 0 Å². The van der Waals surface area contributed by atoms with Crippen LogP contribution in [0.5, 0.6) is 0 Å². The lowest BCUT2D eigenvalue weighted by Crippen LogP contribution is -2.20. The zero-order chi connectivity index (χ0) is 13.1. The summed E-state index contributed by atoms with van der Waals surface area (Å²) in [6, 6.07) is 8.56. The number of nitrogens with zero attached hydrogens (tertiary/aromatic N) is 2. The van der Waals surface area contributed by atoms with Crippen molar-refractivity contribution in [1.82, 2.24) is 14.9 Å². The summed E-state index contributed by atoms with van der Waals surface area (Å²) < 4.78 is 8.02. The first-order chi connectivity index (χ1) is 9.36. The second-order valence-corrected chi connectivity index (χ2v) is 4.90. The van der Waals surface area contributed by atoms with Crippen LogP contribution in [0.3, 0.4) is 0 Å². The number of hydrogen-bond donors (Lipinski definition) is 1. The van der Waals surface area contributed by atoms with Gasteiger partial charge in [0.1, 0.15) is 6.10 Å². The summed E-state index contributed by atoms with van der Waals surface area (Å²) in [6.07, 6.45) is 5.12. The highest BCUT2D eigenvalue weighted by atomic mass is 16.5. The third-order valence-electron chi connectivity index (χ3n) is 3.51. The number of hydrogen-bond acceptors (Lipinski definition) is 3. The van der Waals surface area contributed by atoms with Gasteiger partial charge in [0.2, 0.25) is 0 Å². The maximum Gasteiger partial charge on any atom is 0.101 e. The number of aromatic nitrogens is 2. The fraction of sp³-hybridized carbons (Fsp3) is 0.400. The number of rotatable bonds is 4. The smallest absolute Gasteiger partial charge is 0.101 e. The quantitative estimate of drug-likeness (QED) is 0.909. The van der Waals surface area contributed by atoms with Crippen molar-refractivity contribution >= 4 is 0 Å². The highest BCUT2D eigenvalue weighted by Gasteiger charge is 2.20. The molecule has 1 N–H and O–H groups in total. The van der Waals surface area contributed by atoms with Crippen molar-refractivity contribution in [2.75, 3.05) is 13.7 Å². The standard InChI is InChI=1S/C15H19N3O/c1-16-8-13-9-18(11-17-13)10-15-14-5-3-2-4-12(14)6-7-19-15/h2-5,9,11,15-16H,6-8,10H2,1H3. The lowest BCUT2D eigenvalue weighted by molar-refractivity contribution is 0.0306. The van der Waals surface area contributed by atoms with Gasteiger partial charge in [0.15, 0.2) is 0 Å². The minimum atomic E-state index is 0.140. The maximum atomic E-state index is 5.91. The minimum absolute atomic E-state index is 0.140. The van der Waals surface area contributed by atoms with Crippen molar-refractivity contribution in [3.05, 3.63) is 53.6 Å². The van der Waals surface area contributed by atoms with Crippen LogP contribution in [0.25, 0.3) is 0 Å². The van der Waals surface area contributed by atoms with Crippen LogP contribution < -0.4 is 5.32 Å². The molecule has 4 heteroatoms. The molecule has 1 atom stereocenters. The van der Waals surface area contributed by atoms with E-state index >= 15 is 0 Å². The second-order valence-electron chi connectivity index (χ2n) is 4.90. The Balaban J connectivity index is 1.76. The molecule has 0 amide bonds. The van der Waals surface area contributed by atoms with Gasteiger partial charge in [0, 0.05) is 12.7 Å². The Kier molecular flexibility index (Phi) is 3.62. The molecular formula is C15H19N3O. The average Bonchev–Trinajstić information content (AvgIpc) is 2.87. The zero-order valence-corrected chi connectivity index (χ0v) is 11.2. The number of fused-ring (bicyclic) bond motifs is 1. The third kappa shape index (κ3) is 2.69. The van der Waals surface area contributed by atoms with E-state index in [-0.39, 0.29) is 6.10 Å². The molecule has 0 bridgehead atoms. The molecule has 3 rings (SSSR count). The van der Waals surface area contributed by atoms with E-state index in [2.05, 4.69) is 45.3 Å². The molecule has 0 saturated carbocycles. The van der Waals surface area contributed by atoms with Gasteiger partial charge in [-0.2, -0.15) is 0 Å². The van der Waals surface area contributed by atoms with E-state index in [1.807, 2.05) is 13.4 Å². The van der Waals surface area contributed by atoms with Gasteiger partial charge in [-0.25, -0.2) is 4.98 Å². The summed E-state index contributed by atoms with van der Waals surface area (Å²) in [5.74, 6) is 0. The van der Waals surface area contributed by atoms with Gasteiger partial charge >= 0.3 is 0 Å². The van der Waals surface area contributed by atoms with Gasteiger partial charge in [-0.3, -0.25) is 0 Å². The van der Waals surface area contributed by atoms with Crippen molar-refractivity contribution in [3.8, 4) is 0 Å². The van der Waals surface area contributed by atoms with Crippen LogP contribution in [0.1, 0.15) is 22.9 Å². The summed E-state index contributed by atoms with van der Waals surface area (Å²) in [5.41, 5.74) is 3.79. The number of benzene rings is 1. The molecule has 0 fully saturated rings. The van der Waals surface area contributed by atoms with Crippen molar-refractivity contribution in [2.45, 2.75) is 25.6 Å². The van der Waals surface area contributed by atoms with Gasteiger partial charge < -0.3 is 14.6 Å². The van der Waals surface area contributed by atoms with E-state index in [1.165, 1.54) is 11.1 Å². The Morgan fingerprint density at radius 2 is 2.32 bits per heavy atom. The van der Waals surface area contributed by atoms with Crippen molar-refractivity contribution in [1.29, 1.82) is 0 Å². The first-order valence-corrected chi connectivity index (χ1v) is 6.71. The average molecular weight is 257 g/mol. The SMILES string of the molecule is CNCc1cn(CC2OCCc3ccccc32)cn1. The highest BCUT2D eigenvalue weighted by molar-refractivity contribution is 5.30. The normalized spacial score (nSPS) is 18.3. The predicted molar refractivity (Wildman–Crippen MR) is 73.8 cm³/mol. The summed E-state index contributed by atoms with van der Waals surface area (Å²) in [5, 5.41) is 3.11. The maximum absolute atomic E-state index is 5.91. The van der Waals surface area contributed by atoms with Crippen LogP contribution in [0.2, 0.25) is 0 Å². The monoisotopic (exact) mass is 257 g/mol. The van der Waals surface area contributed by atoms with E-state index in [1.54, 1.807) is 0 Å². The second kappa shape index (κ2) is 5.55.